The molecule has 0 atom stereocenters. The topological polar surface area (TPSA) is 63.6 Å². The van der Waals surface area contributed by atoms with Gasteiger partial charge in [-0.25, -0.2) is 9.67 Å². The number of hydrogen-bond donors (Lipinski definition) is 1. The van der Waals surface area contributed by atoms with Gasteiger partial charge < -0.3 is 4.98 Å². The predicted molar refractivity (Wildman–Crippen MR) is 65.4 cm³/mol. The van der Waals surface area contributed by atoms with E-state index >= 15 is 0 Å². The van der Waals surface area contributed by atoms with Crippen LogP contribution in [0.3, 0.4) is 0 Å². The van der Waals surface area contributed by atoms with Gasteiger partial charge in [-0.3, -0.25) is 4.79 Å². The summed E-state index contributed by atoms with van der Waals surface area (Å²) in [5.74, 6) is 0.731. The standard InChI is InChI=1S/C10H13BrN4O/c1-3-4-5-6-12-9-7(10(16)13-6)8(11)14-15(9)2/h3-5H2,1-2H3,(H,12,13,16). The molecule has 0 aliphatic rings. The van der Waals surface area contributed by atoms with E-state index in [1.54, 1.807) is 11.7 Å². The average Bonchev–Trinajstić information content (AvgIpc) is 2.52. The number of H-pyrrole nitrogens is 1. The Morgan fingerprint density at radius 1 is 1.50 bits per heavy atom. The number of fused-ring (bicyclic) bond motifs is 1. The molecule has 16 heavy (non-hydrogen) atoms. The van der Waals surface area contributed by atoms with E-state index in [4.69, 9.17) is 0 Å². The number of aromatic amines is 1. The highest BCUT2D eigenvalue weighted by Crippen LogP contribution is 2.17. The largest absolute Gasteiger partial charge is 0.310 e. The van der Waals surface area contributed by atoms with Gasteiger partial charge in [-0.05, 0) is 22.4 Å². The van der Waals surface area contributed by atoms with Gasteiger partial charge in [-0.2, -0.15) is 5.10 Å². The summed E-state index contributed by atoms with van der Waals surface area (Å²) in [6.45, 7) is 2.11. The van der Waals surface area contributed by atoms with Crippen molar-refractivity contribution in [1.29, 1.82) is 0 Å². The second-order valence-corrected chi connectivity index (χ2v) is 4.48. The lowest BCUT2D eigenvalue weighted by atomic mass is 10.2. The zero-order valence-corrected chi connectivity index (χ0v) is 10.8. The number of unbranched alkanes of at least 4 members (excludes halogenated alkanes) is 1. The van der Waals surface area contributed by atoms with E-state index in [0.29, 0.717) is 15.6 Å². The Bertz CT molecular complexity index is 572. The molecule has 0 saturated carbocycles. The molecule has 5 nitrogen and oxygen atoms in total. The van der Waals surface area contributed by atoms with Crippen LogP contribution < -0.4 is 5.56 Å². The molecule has 0 fully saturated rings. The molecule has 0 aliphatic carbocycles. The van der Waals surface area contributed by atoms with Crippen molar-refractivity contribution in [2.45, 2.75) is 26.2 Å². The van der Waals surface area contributed by atoms with Crippen LogP contribution in [-0.4, -0.2) is 19.7 Å². The Morgan fingerprint density at radius 3 is 2.94 bits per heavy atom. The fraction of sp³-hybridized carbons (Fsp3) is 0.500. The van der Waals surface area contributed by atoms with Crippen molar-refractivity contribution in [2.75, 3.05) is 0 Å². The zero-order chi connectivity index (χ0) is 11.7. The molecule has 2 heterocycles. The number of hydrogen-bond acceptors (Lipinski definition) is 3. The van der Waals surface area contributed by atoms with E-state index in [1.807, 2.05) is 0 Å². The number of rotatable bonds is 3. The summed E-state index contributed by atoms with van der Waals surface area (Å²) in [5, 5.41) is 4.64. The lowest BCUT2D eigenvalue weighted by Crippen LogP contribution is -2.12. The van der Waals surface area contributed by atoms with E-state index in [2.05, 4.69) is 37.9 Å². The van der Waals surface area contributed by atoms with Gasteiger partial charge in [0.2, 0.25) is 0 Å². The van der Waals surface area contributed by atoms with Crippen LogP contribution in [0, 0.1) is 0 Å². The van der Waals surface area contributed by atoms with Crippen LogP contribution in [0.25, 0.3) is 11.0 Å². The van der Waals surface area contributed by atoms with Gasteiger partial charge in [-0.15, -0.1) is 0 Å². The highest BCUT2D eigenvalue weighted by atomic mass is 79.9. The normalized spacial score (nSPS) is 11.2. The first-order valence-corrected chi connectivity index (χ1v) is 6.04. The van der Waals surface area contributed by atoms with Crippen molar-refractivity contribution in [3.63, 3.8) is 0 Å². The van der Waals surface area contributed by atoms with Gasteiger partial charge in [0.15, 0.2) is 5.65 Å². The molecular weight excluding hydrogens is 272 g/mol. The SMILES string of the molecule is CCCCc1nc2c(c(Br)nn2C)c(=O)[nH]1. The highest BCUT2D eigenvalue weighted by Gasteiger charge is 2.12. The number of aryl methyl sites for hydroxylation is 2. The first-order valence-electron chi connectivity index (χ1n) is 5.25. The van der Waals surface area contributed by atoms with Gasteiger partial charge in [0.05, 0.1) is 0 Å². The lowest BCUT2D eigenvalue weighted by molar-refractivity contribution is 0.738. The van der Waals surface area contributed by atoms with Gasteiger partial charge in [-0.1, -0.05) is 13.3 Å². The third-order valence-electron chi connectivity index (χ3n) is 2.47. The van der Waals surface area contributed by atoms with Crippen LogP contribution in [0.4, 0.5) is 0 Å². The van der Waals surface area contributed by atoms with E-state index in [1.165, 1.54) is 0 Å². The fourth-order valence-electron chi connectivity index (χ4n) is 1.62. The van der Waals surface area contributed by atoms with Gasteiger partial charge >= 0.3 is 0 Å². The minimum Gasteiger partial charge on any atom is -0.310 e. The van der Waals surface area contributed by atoms with Gasteiger partial charge in [0.25, 0.3) is 5.56 Å². The first kappa shape index (κ1) is 11.3. The first-order chi connectivity index (χ1) is 7.63. The summed E-state index contributed by atoms with van der Waals surface area (Å²) >= 11 is 3.25. The average molecular weight is 285 g/mol. The molecule has 86 valence electrons. The number of nitrogens with zero attached hydrogens (tertiary/aromatic N) is 3. The van der Waals surface area contributed by atoms with E-state index < -0.39 is 0 Å². The van der Waals surface area contributed by atoms with Crippen LogP contribution in [0.2, 0.25) is 0 Å². The maximum Gasteiger partial charge on any atom is 0.263 e. The van der Waals surface area contributed by atoms with E-state index in [0.717, 1.165) is 25.1 Å². The maximum atomic E-state index is 11.8. The molecule has 0 amide bonds. The molecule has 0 spiro atoms. The fourth-order valence-corrected chi connectivity index (χ4v) is 2.21. The minimum atomic E-state index is -0.129. The zero-order valence-electron chi connectivity index (χ0n) is 9.25. The van der Waals surface area contributed by atoms with Crippen molar-refractivity contribution in [1.82, 2.24) is 19.7 Å². The second-order valence-electron chi connectivity index (χ2n) is 3.73. The Labute approximate surface area is 101 Å². The van der Waals surface area contributed by atoms with Crippen LogP contribution >= 0.6 is 15.9 Å². The molecule has 0 aliphatic heterocycles. The molecule has 6 heteroatoms. The summed E-state index contributed by atoms with van der Waals surface area (Å²) in [6.07, 6.45) is 2.90. The molecule has 2 aromatic rings. The number of aromatic nitrogens is 4. The van der Waals surface area contributed by atoms with Crippen molar-refractivity contribution >= 4 is 27.0 Å². The quantitative estimate of drug-likeness (QED) is 0.934. The minimum absolute atomic E-state index is 0.129. The third-order valence-corrected chi connectivity index (χ3v) is 3.02. The van der Waals surface area contributed by atoms with Crippen LogP contribution in [0.1, 0.15) is 25.6 Å². The summed E-state index contributed by atoms with van der Waals surface area (Å²) in [4.78, 5) is 19.0. The molecule has 2 aromatic heterocycles. The number of halogens is 1. The van der Waals surface area contributed by atoms with Gasteiger partial charge in [0.1, 0.15) is 15.8 Å². The molecule has 0 bridgehead atoms. The summed E-state index contributed by atoms with van der Waals surface area (Å²) < 4.78 is 2.16. The Balaban J connectivity index is 2.58. The molecular formula is C10H13BrN4O. The molecule has 0 unspecified atom stereocenters. The third kappa shape index (κ3) is 1.89. The number of nitrogens with one attached hydrogen (secondary N) is 1. The summed E-state index contributed by atoms with van der Waals surface area (Å²) in [7, 11) is 1.78. The predicted octanol–water partition coefficient (Wildman–Crippen LogP) is 1.76. The second kappa shape index (κ2) is 4.37. The molecule has 2 rings (SSSR count). The maximum absolute atomic E-state index is 11.8. The van der Waals surface area contributed by atoms with Crippen molar-refractivity contribution in [2.24, 2.45) is 7.05 Å². The monoisotopic (exact) mass is 284 g/mol. The molecule has 1 N–H and O–H groups in total. The Morgan fingerprint density at radius 2 is 2.25 bits per heavy atom. The molecule has 0 radical (unpaired) electrons. The van der Waals surface area contributed by atoms with Crippen LogP contribution in [0.5, 0.6) is 0 Å². The summed E-state index contributed by atoms with van der Waals surface area (Å²) in [6, 6.07) is 0. The Kier molecular flexibility index (Phi) is 3.09. The van der Waals surface area contributed by atoms with Crippen molar-refractivity contribution < 1.29 is 0 Å². The molecule has 0 saturated heterocycles. The summed E-state index contributed by atoms with van der Waals surface area (Å²) in [5.41, 5.74) is 0.498. The van der Waals surface area contributed by atoms with E-state index in [9.17, 15) is 4.79 Å². The lowest BCUT2D eigenvalue weighted by Gasteiger charge is -1.99. The Hall–Kier alpha value is -1.17. The highest BCUT2D eigenvalue weighted by molar-refractivity contribution is 9.10. The smallest absolute Gasteiger partial charge is 0.263 e. The van der Waals surface area contributed by atoms with Crippen LogP contribution in [-0.2, 0) is 13.5 Å². The van der Waals surface area contributed by atoms with E-state index in [-0.39, 0.29) is 5.56 Å². The van der Waals surface area contributed by atoms with Crippen molar-refractivity contribution in [3.05, 3.63) is 20.8 Å². The van der Waals surface area contributed by atoms with Crippen molar-refractivity contribution in [3.8, 4) is 0 Å². The molecule has 0 aromatic carbocycles. The van der Waals surface area contributed by atoms with Gasteiger partial charge in [0, 0.05) is 13.5 Å². The van der Waals surface area contributed by atoms with Crippen LogP contribution in [0.15, 0.2) is 9.40 Å².